The van der Waals surface area contributed by atoms with E-state index in [1.54, 1.807) is 13.0 Å². The summed E-state index contributed by atoms with van der Waals surface area (Å²) in [6.45, 7) is 3.55. The average molecular weight is 198 g/mol. The molecule has 1 atom stereocenters. The Bertz CT molecular complexity index is 321. The van der Waals surface area contributed by atoms with Gasteiger partial charge in [0.1, 0.15) is 11.6 Å². The number of ether oxygens (including phenoxy) is 1. The van der Waals surface area contributed by atoms with Gasteiger partial charge in [0, 0.05) is 11.6 Å². The minimum absolute atomic E-state index is 0.363. The van der Waals surface area contributed by atoms with Crippen LogP contribution in [0.3, 0.4) is 0 Å². The van der Waals surface area contributed by atoms with Gasteiger partial charge in [0.05, 0.1) is 12.7 Å². The highest BCUT2D eigenvalue weighted by molar-refractivity contribution is 5.38. The van der Waals surface area contributed by atoms with Crippen LogP contribution in [0.4, 0.5) is 4.39 Å². The third-order valence-electron chi connectivity index (χ3n) is 2.43. The lowest BCUT2D eigenvalue weighted by Gasteiger charge is -2.24. The molecule has 1 aromatic rings. The van der Waals surface area contributed by atoms with Gasteiger partial charge in [-0.3, -0.25) is 0 Å². The van der Waals surface area contributed by atoms with Gasteiger partial charge in [-0.2, -0.15) is 0 Å². The second kappa shape index (κ2) is 3.96. The molecule has 1 aromatic carbocycles. The summed E-state index contributed by atoms with van der Waals surface area (Å²) < 4.78 is 17.9. The van der Waals surface area contributed by atoms with E-state index in [1.165, 1.54) is 19.2 Å². The minimum Gasteiger partial charge on any atom is -0.496 e. The number of aliphatic hydroxyl groups is 1. The van der Waals surface area contributed by atoms with Gasteiger partial charge in [-0.05, 0) is 25.5 Å². The fourth-order valence-corrected chi connectivity index (χ4v) is 1.30. The van der Waals surface area contributed by atoms with E-state index >= 15 is 0 Å². The van der Waals surface area contributed by atoms with E-state index in [0.717, 1.165) is 0 Å². The third kappa shape index (κ3) is 2.04. The predicted octanol–water partition coefficient (Wildman–Crippen LogP) is 2.45. The second-order valence-electron chi connectivity index (χ2n) is 3.47. The molecule has 2 nitrogen and oxygen atoms in total. The molecule has 78 valence electrons. The van der Waals surface area contributed by atoms with Gasteiger partial charge >= 0.3 is 0 Å². The molecular formula is C11H15FO2. The molecule has 0 fully saturated rings. The van der Waals surface area contributed by atoms with E-state index < -0.39 is 5.60 Å². The normalized spacial score (nSPS) is 14.9. The molecule has 0 saturated carbocycles. The first-order valence-corrected chi connectivity index (χ1v) is 4.57. The van der Waals surface area contributed by atoms with Crippen molar-refractivity contribution < 1.29 is 14.2 Å². The number of hydrogen-bond donors (Lipinski definition) is 1. The van der Waals surface area contributed by atoms with Gasteiger partial charge < -0.3 is 9.84 Å². The van der Waals surface area contributed by atoms with Crippen LogP contribution < -0.4 is 4.74 Å². The predicted molar refractivity (Wildman–Crippen MR) is 52.8 cm³/mol. The molecule has 3 heteroatoms. The van der Waals surface area contributed by atoms with Crippen LogP contribution in [0.25, 0.3) is 0 Å². The Kier molecular flexibility index (Phi) is 3.11. The van der Waals surface area contributed by atoms with Crippen LogP contribution in [0.2, 0.25) is 0 Å². The first-order valence-electron chi connectivity index (χ1n) is 4.57. The Labute approximate surface area is 83.3 Å². The van der Waals surface area contributed by atoms with Crippen molar-refractivity contribution in [1.82, 2.24) is 0 Å². The van der Waals surface area contributed by atoms with Crippen LogP contribution >= 0.6 is 0 Å². The quantitative estimate of drug-likeness (QED) is 0.808. The molecule has 0 aliphatic heterocycles. The first-order chi connectivity index (χ1) is 6.51. The van der Waals surface area contributed by atoms with Crippen LogP contribution in [0.5, 0.6) is 5.75 Å². The van der Waals surface area contributed by atoms with Crippen molar-refractivity contribution in [1.29, 1.82) is 0 Å². The van der Waals surface area contributed by atoms with Gasteiger partial charge in [0.2, 0.25) is 0 Å². The summed E-state index contributed by atoms with van der Waals surface area (Å²) in [5.41, 5.74) is -0.358. The van der Waals surface area contributed by atoms with Crippen molar-refractivity contribution in [3.05, 3.63) is 29.6 Å². The minimum atomic E-state index is -0.973. The Morgan fingerprint density at radius 2 is 2.14 bits per heavy atom. The lowest BCUT2D eigenvalue weighted by Crippen LogP contribution is -2.20. The highest BCUT2D eigenvalue weighted by Crippen LogP contribution is 2.32. The molecule has 0 aromatic heterocycles. The molecule has 14 heavy (non-hydrogen) atoms. The molecule has 0 aliphatic rings. The highest BCUT2D eigenvalue weighted by atomic mass is 19.1. The molecule has 0 saturated heterocycles. The smallest absolute Gasteiger partial charge is 0.127 e. The number of hydrogen-bond acceptors (Lipinski definition) is 2. The van der Waals surface area contributed by atoms with Gasteiger partial charge in [-0.15, -0.1) is 0 Å². The SMILES string of the molecule is CC[C@](C)(O)c1ccc(F)cc1OC. The first kappa shape index (κ1) is 11.0. The molecular weight excluding hydrogens is 183 g/mol. The van der Waals surface area contributed by atoms with Crippen LogP contribution in [0.15, 0.2) is 18.2 Å². The molecule has 0 unspecified atom stereocenters. The number of methoxy groups -OCH3 is 1. The van der Waals surface area contributed by atoms with E-state index in [0.29, 0.717) is 17.7 Å². The van der Waals surface area contributed by atoms with Crippen molar-refractivity contribution in [3.63, 3.8) is 0 Å². The average Bonchev–Trinajstić information content (AvgIpc) is 2.17. The van der Waals surface area contributed by atoms with Crippen LogP contribution in [-0.2, 0) is 5.60 Å². The zero-order chi connectivity index (χ0) is 10.8. The summed E-state index contributed by atoms with van der Waals surface area (Å²) in [7, 11) is 1.46. The summed E-state index contributed by atoms with van der Waals surface area (Å²) in [6, 6.07) is 4.15. The second-order valence-corrected chi connectivity index (χ2v) is 3.47. The van der Waals surface area contributed by atoms with Crippen molar-refractivity contribution in [2.45, 2.75) is 25.9 Å². The van der Waals surface area contributed by atoms with E-state index in [2.05, 4.69) is 0 Å². The van der Waals surface area contributed by atoms with Crippen molar-refractivity contribution in [2.24, 2.45) is 0 Å². The van der Waals surface area contributed by atoms with Gasteiger partial charge in [-0.1, -0.05) is 6.92 Å². The van der Waals surface area contributed by atoms with E-state index in [-0.39, 0.29) is 5.82 Å². The summed E-state index contributed by atoms with van der Waals surface area (Å²) in [4.78, 5) is 0. The summed E-state index contributed by atoms with van der Waals surface area (Å²) in [5.74, 6) is 0.0225. The number of halogens is 1. The lowest BCUT2D eigenvalue weighted by molar-refractivity contribution is 0.0504. The number of benzene rings is 1. The van der Waals surface area contributed by atoms with Crippen molar-refractivity contribution >= 4 is 0 Å². The molecule has 1 rings (SSSR count). The summed E-state index contributed by atoms with van der Waals surface area (Å²) in [5, 5.41) is 9.99. The van der Waals surface area contributed by atoms with E-state index in [9.17, 15) is 9.50 Å². The van der Waals surface area contributed by atoms with E-state index in [4.69, 9.17) is 4.74 Å². The zero-order valence-electron chi connectivity index (χ0n) is 8.67. The van der Waals surface area contributed by atoms with Gasteiger partial charge in [0.15, 0.2) is 0 Å². The summed E-state index contributed by atoms with van der Waals surface area (Å²) in [6.07, 6.45) is 0.551. The largest absolute Gasteiger partial charge is 0.496 e. The monoisotopic (exact) mass is 198 g/mol. The third-order valence-corrected chi connectivity index (χ3v) is 2.43. The molecule has 0 spiro atoms. The molecule has 0 bridgehead atoms. The molecule has 0 radical (unpaired) electrons. The lowest BCUT2D eigenvalue weighted by atomic mass is 9.92. The van der Waals surface area contributed by atoms with Crippen molar-refractivity contribution in [3.8, 4) is 5.75 Å². The Hall–Kier alpha value is -1.09. The maximum absolute atomic E-state index is 12.9. The number of rotatable bonds is 3. The van der Waals surface area contributed by atoms with E-state index in [1.807, 2.05) is 6.92 Å². The Balaban J connectivity index is 3.20. The van der Waals surface area contributed by atoms with Crippen molar-refractivity contribution in [2.75, 3.05) is 7.11 Å². The molecule has 0 aliphatic carbocycles. The molecule has 1 N–H and O–H groups in total. The fraction of sp³-hybridized carbons (Fsp3) is 0.455. The summed E-state index contributed by atoms with van der Waals surface area (Å²) >= 11 is 0. The fourth-order valence-electron chi connectivity index (χ4n) is 1.30. The maximum Gasteiger partial charge on any atom is 0.127 e. The van der Waals surface area contributed by atoms with Crippen LogP contribution in [-0.4, -0.2) is 12.2 Å². The highest BCUT2D eigenvalue weighted by Gasteiger charge is 2.24. The topological polar surface area (TPSA) is 29.5 Å². The molecule has 0 heterocycles. The zero-order valence-corrected chi connectivity index (χ0v) is 8.67. The standard InChI is InChI=1S/C11H15FO2/c1-4-11(2,13)9-6-5-8(12)7-10(9)14-3/h5-7,13H,4H2,1-3H3/t11-/m0/s1. The maximum atomic E-state index is 12.9. The van der Waals surface area contributed by atoms with Gasteiger partial charge in [-0.25, -0.2) is 4.39 Å². The molecule has 0 amide bonds. The van der Waals surface area contributed by atoms with Crippen LogP contribution in [0.1, 0.15) is 25.8 Å². The Morgan fingerprint density at radius 1 is 1.50 bits per heavy atom. The van der Waals surface area contributed by atoms with Gasteiger partial charge in [0.25, 0.3) is 0 Å². The van der Waals surface area contributed by atoms with Crippen LogP contribution in [0, 0.1) is 5.82 Å². The Morgan fingerprint density at radius 3 is 2.64 bits per heavy atom.